The first-order valence-corrected chi connectivity index (χ1v) is 12.2. The van der Waals surface area contributed by atoms with Crippen LogP contribution in [0.25, 0.3) is 0 Å². The summed E-state index contributed by atoms with van der Waals surface area (Å²) in [6.45, 7) is 7.02. The number of nitrogens with zero attached hydrogens (tertiary/aromatic N) is 1. The molecule has 0 unspecified atom stereocenters. The maximum atomic E-state index is 12.9. The van der Waals surface area contributed by atoms with Crippen LogP contribution in [-0.2, 0) is 24.3 Å². The number of benzene rings is 1. The summed E-state index contributed by atoms with van der Waals surface area (Å²) in [5, 5.41) is 2.73. The van der Waals surface area contributed by atoms with Gasteiger partial charge in [0.2, 0.25) is 10.0 Å². The van der Waals surface area contributed by atoms with Crippen LogP contribution >= 0.6 is 0 Å². The van der Waals surface area contributed by atoms with Crippen LogP contribution in [0, 0.1) is 5.92 Å². The first kappa shape index (κ1) is 24.3. The summed E-state index contributed by atoms with van der Waals surface area (Å²) >= 11 is 0. The number of amides is 1. The highest BCUT2D eigenvalue weighted by Crippen LogP contribution is 2.25. The van der Waals surface area contributed by atoms with Gasteiger partial charge in [-0.05, 0) is 42.9 Å². The molecule has 0 atom stereocenters. The minimum Gasteiger partial charge on any atom is -0.455 e. The second-order valence-electron chi connectivity index (χ2n) is 8.07. The van der Waals surface area contributed by atoms with Crippen LogP contribution in [-0.4, -0.2) is 50.8 Å². The molecule has 1 heterocycles. The molecule has 0 bridgehead atoms. The third kappa shape index (κ3) is 6.80. The fourth-order valence-electron chi connectivity index (χ4n) is 3.41. The van der Waals surface area contributed by atoms with E-state index < -0.39 is 16.0 Å². The Balaban J connectivity index is 1.80. The van der Waals surface area contributed by atoms with E-state index >= 15 is 0 Å². The average Bonchev–Trinajstić information content (AvgIpc) is 2.75. The molecule has 7 nitrogen and oxygen atoms in total. The number of carbonyl (C=O) groups excluding carboxylic acids is 2. The molecule has 1 saturated heterocycles. The molecule has 0 radical (unpaired) electrons. The van der Waals surface area contributed by atoms with Gasteiger partial charge in [0.1, 0.15) is 0 Å². The molecular formula is C22H34N2O5S. The van der Waals surface area contributed by atoms with Gasteiger partial charge in [-0.15, -0.1) is 0 Å². The van der Waals surface area contributed by atoms with Crippen LogP contribution in [0.15, 0.2) is 29.2 Å². The molecule has 2 rings (SSSR count). The molecule has 1 aliphatic heterocycles. The van der Waals surface area contributed by atoms with E-state index in [0.29, 0.717) is 25.3 Å². The number of sulfonamides is 1. The highest BCUT2D eigenvalue weighted by molar-refractivity contribution is 7.89. The third-order valence-electron chi connectivity index (χ3n) is 5.42. The number of rotatable bonds is 10. The van der Waals surface area contributed by atoms with E-state index in [1.165, 1.54) is 4.31 Å². The van der Waals surface area contributed by atoms with Crippen molar-refractivity contribution in [3.63, 3.8) is 0 Å². The van der Waals surface area contributed by atoms with E-state index in [1.807, 2.05) is 12.1 Å². The SMILES string of the molecule is CCCCCNC(=O)COC(=O)C1CCN(S(=O)(=O)c2ccc(C(C)C)cc2)CC1. The lowest BCUT2D eigenvalue weighted by atomic mass is 9.98. The van der Waals surface area contributed by atoms with Gasteiger partial charge in [-0.2, -0.15) is 4.31 Å². The minimum atomic E-state index is -3.58. The van der Waals surface area contributed by atoms with E-state index in [1.54, 1.807) is 12.1 Å². The zero-order valence-electron chi connectivity index (χ0n) is 18.2. The molecule has 1 fully saturated rings. The van der Waals surface area contributed by atoms with E-state index in [2.05, 4.69) is 26.1 Å². The Kier molecular flexibility index (Phi) is 9.30. The number of carbonyl (C=O) groups is 2. The quantitative estimate of drug-likeness (QED) is 0.448. The summed E-state index contributed by atoms with van der Waals surface area (Å²) in [4.78, 5) is 24.2. The van der Waals surface area contributed by atoms with Crippen molar-refractivity contribution in [1.82, 2.24) is 9.62 Å². The molecule has 1 aromatic rings. The second kappa shape index (κ2) is 11.5. The number of hydrogen-bond donors (Lipinski definition) is 1. The first-order valence-electron chi connectivity index (χ1n) is 10.8. The van der Waals surface area contributed by atoms with E-state index in [0.717, 1.165) is 24.8 Å². The standard InChI is InChI=1S/C22H34N2O5S/c1-4-5-6-13-23-21(25)16-29-22(26)19-11-14-24(15-12-19)30(27,28)20-9-7-18(8-10-20)17(2)3/h7-10,17,19H,4-6,11-16H2,1-3H3,(H,23,25). The highest BCUT2D eigenvalue weighted by Gasteiger charge is 2.33. The van der Waals surface area contributed by atoms with Crippen LogP contribution in [0.5, 0.6) is 0 Å². The molecule has 1 aliphatic rings. The van der Waals surface area contributed by atoms with Crippen molar-refractivity contribution in [2.75, 3.05) is 26.2 Å². The van der Waals surface area contributed by atoms with Gasteiger partial charge in [0.05, 0.1) is 10.8 Å². The first-order chi connectivity index (χ1) is 14.3. The topological polar surface area (TPSA) is 92.8 Å². The Morgan fingerprint density at radius 2 is 1.77 bits per heavy atom. The Hall–Kier alpha value is -1.93. The number of ether oxygens (including phenoxy) is 1. The van der Waals surface area contributed by atoms with Gasteiger partial charge in [-0.25, -0.2) is 8.42 Å². The number of piperidine rings is 1. The molecule has 8 heteroatoms. The average molecular weight is 439 g/mol. The Bertz CT molecular complexity index is 797. The van der Waals surface area contributed by atoms with Crippen LogP contribution in [0.4, 0.5) is 0 Å². The summed E-state index contributed by atoms with van der Waals surface area (Å²) in [5.74, 6) is -0.782. The number of hydrogen-bond acceptors (Lipinski definition) is 5. The molecule has 1 amide bonds. The third-order valence-corrected chi connectivity index (χ3v) is 7.33. The lowest BCUT2D eigenvalue weighted by Gasteiger charge is -2.30. The van der Waals surface area contributed by atoms with Crippen LogP contribution in [0.2, 0.25) is 0 Å². The molecule has 30 heavy (non-hydrogen) atoms. The van der Waals surface area contributed by atoms with Crippen LogP contribution in [0.3, 0.4) is 0 Å². The molecule has 1 N–H and O–H groups in total. The monoisotopic (exact) mass is 438 g/mol. The predicted molar refractivity (Wildman–Crippen MR) is 116 cm³/mol. The van der Waals surface area contributed by atoms with E-state index in [9.17, 15) is 18.0 Å². The summed E-state index contributed by atoms with van der Waals surface area (Å²) in [5.41, 5.74) is 1.09. The van der Waals surface area contributed by atoms with Gasteiger partial charge in [0.25, 0.3) is 5.91 Å². The lowest BCUT2D eigenvalue weighted by molar-refractivity contribution is -0.153. The molecule has 168 valence electrons. The van der Waals surface area contributed by atoms with Crippen molar-refractivity contribution in [1.29, 1.82) is 0 Å². The van der Waals surface area contributed by atoms with Crippen molar-refractivity contribution >= 4 is 21.9 Å². The molecule has 0 spiro atoms. The summed E-state index contributed by atoms with van der Waals surface area (Å²) < 4.78 is 32.3. The predicted octanol–water partition coefficient (Wildman–Crippen LogP) is 3.06. The van der Waals surface area contributed by atoms with Gasteiger partial charge in [-0.3, -0.25) is 9.59 Å². The smallest absolute Gasteiger partial charge is 0.309 e. The summed E-state index contributed by atoms with van der Waals surface area (Å²) in [6.07, 6.45) is 3.80. The van der Waals surface area contributed by atoms with Crippen molar-refractivity contribution in [3.05, 3.63) is 29.8 Å². The maximum absolute atomic E-state index is 12.9. The van der Waals surface area contributed by atoms with E-state index in [-0.39, 0.29) is 36.4 Å². The van der Waals surface area contributed by atoms with Crippen LogP contribution in [0.1, 0.15) is 64.4 Å². The Morgan fingerprint density at radius 3 is 2.33 bits per heavy atom. The number of nitrogens with one attached hydrogen (secondary N) is 1. The van der Waals surface area contributed by atoms with Gasteiger partial charge in [0, 0.05) is 19.6 Å². The zero-order chi connectivity index (χ0) is 22.1. The van der Waals surface area contributed by atoms with Crippen molar-refractivity contribution in [2.45, 2.75) is 63.7 Å². The van der Waals surface area contributed by atoms with Gasteiger partial charge < -0.3 is 10.1 Å². The van der Waals surface area contributed by atoms with Crippen LogP contribution < -0.4 is 5.32 Å². The van der Waals surface area contributed by atoms with E-state index in [4.69, 9.17) is 4.74 Å². The number of unbranched alkanes of at least 4 members (excludes halogenated alkanes) is 2. The van der Waals surface area contributed by atoms with Crippen molar-refractivity contribution < 1.29 is 22.7 Å². The summed E-state index contributed by atoms with van der Waals surface area (Å²) in [6, 6.07) is 6.97. The molecule has 0 saturated carbocycles. The van der Waals surface area contributed by atoms with Gasteiger partial charge in [-0.1, -0.05) is 45.7 Å². The fourth-order valence-corrected chi connectivity index (χ4v) is 4.88. The zero-order valence-corrected chi connectivity index (χ0v) is 19.0. The molecular weight excluding hydrogens is 404 g/mol. The normalized spacial score (nSPS) is 15.9. The Morgan fingerprint density at radius 1 is 1.13 bits per heavy atom. The fraction of sp³-hybridized carbons (Fsp3) is 0.636. The van der Waals surface area contributed by atoms with Crippen molar-refractivity contribution in [3.8, 4) is 0 Å². The highest BCUT2D eigenvalue weighted by atomic mass is 32.2. The molecule has 0 aliphatic carbocycles. The molecule has 0 aromatic heterocycles. The lowest BCUT2D eigenvalue weighted by Crippen LogP contribution is -2.41. The minimum absolute atomic E-state index is 0.261. The second-order valence-corrected chi connectivity index (χ2v) is 10.0. The molecule has 1 aromatic carbocycles. The van der Waals surface area contributed by atoms with Gasteiger partial charge in [0.15, 0.2) is 6.61 Å². The summed E-state index contributed by atoms with van der Waals surface area (Å²) in [7, 11) is -3.58. The Labute approximate surface area is 180 Å². The largest absolute Gasteiger partial charge is 0.455 e. The van der Waals surface area contributed by atoms with Crippen molar-refractivity contribution in [2.24, 2.45) is 5.92 Å². The number of esters is 1. The maximum Gasteiger partial charge on any atom is 0.309 e. The van der Waals surface area contributed by atoms with Gasteiger partial charge >= 0.3 is 5.97 Å².